The van der Waals surface area contributed by atoms with Gasteiger partial charge in [-0.1, -0.05) is 37.3 Å². The molecule has 0 radical (unpaired) electrons. The first kappa shape index (κ1) is 13.0. The van der Waals surface area contributed by atoms with Crippen LogP contribution in [-0.2, 0) is 19.3 Å². The standard InChI is InChI=1S/C18H21NO/c1-2-15-5-3-4-6-17(15)19-11-9-14-7-8-18-16(13-14)10-12-20-18/h3-8,13,19H,2,9-12H2,1H3. The van der Waals surface area contributed by atoms with Gasteiger partial charge in [0.05, 0.1) is 6.61 Å². The van der Waals surface area contributed by atoms with Crippen LogP contribution in [0.4, 0.5) is 5.69 Å². The second-order valence-corrected chi connectivity index (χ2v) is 5.23. The van der Waals surface area contributed by atoms with Crippen molar-refractivity contribution in [2.75, 3.05) is 18.5 Å². The van der Waals surface area contributed by atoms with Gasteiger partial charge in [0.1, 0.15) is 5.75 Å². The van der Waals surface area contributed by atoms with E-state index in [1.807, 2.05) is 0 Å². The van der Waals surface area contributed by atoms with Crippen LogP contribution in [0.5, 0.6) is 5.75 Å². The first-order valence-corrected chi connectivity index (χ1v) is 7.43. The molecule has 0 saturated heterocycles. The van der Waals surface area contributed by atoms with Crippen molar-refractivity contribution in [1.29, 1.82) is 0 Å². The highest BCUT2D eigenvalue weighted by molar-refractivity contribution is 5.51. The molecule has 0 bridgehead atoms. The molecule has 0 aromatic heterocycles. The first-order valence-electron chi connectivity index (χ1n) is 7.43. The Kier molecular flexibility index (Phi) is 3.91. The molecule has 0 saturated carbocycles. The summed E-state index contributed by atoms with van der Waals surface area (Å²) in [4.78, 5) is 0. The summed E-state index contributed by atoms with van der Waals surface area (Å²) in [5.74, 6) is 1.07. The third-order valence-electron chi connectivity index (χ3n) is 3.88. The predicted octanol–water partition coefficient (Wildman–Crippen LogP) is 3.84. The normalized spacial score (nSPS) is 12.8. The van der Waals surface area contributed by atoms with Gasteiger partial charge in [0.15, 0.2) is 0 Å². The van der Waals surface area contributed by atoms with E-state index in [0.29, 0.717) is 0 Å². The topological polar surface area (TPSA) is 21.3 Å². The minimum Gasteiger partial charge on any atom is -0.493 e. The molecule has 0 unspecified atom stereocenters. The fourth-order valence-electron chi connectivity index (χ4n) is 2.74. The molecular formula is C18H21NO. The zero-order chi connectivity index (χ0) is 13.8. The predicted molar refractivity (Wildman–Crippen MR) is 83.7 cm³/mol. The molecule has 2 aromatic carbocycles. The molecule has 0 aliphatic carbocycles. The number of benzene rings is 2. The number of fused-ring (bicyclic) bond motifs is 1. The van der Waals surface area contributed by atoms with Crippen molar-refractivity contribution in [3.05, 3.63) is 59.2 Å². The second kappa shape index (κ2) is 6.00. The van der Waals surface area contributed by atoms with Gasteiger partial charge >= 0.3 is 0 Å². The molecule has 1 N–H and O–H groups in total. The van der Waals surface area contributed by atoms with E-state index in [9.17, 15) is 0 Å². The molecule has 0 amide bonds. The largest absolute Gasteiger partial charge is 0.493 e. The molecule has 1 heterocycles. The van der Waals surface area contributed by atoms with E-state index in [4.69, 9.17) is 4.74 Å². The number of para-hydroxylation sites is 1. The van der Waals surface area contributed by atoms with Crippen LogP contribution in [-0.4, -0.2) is 13.2 Å². The highest BCUT2D eigenvalue weighted by atomic mass is 16.5. The van der Waals surface area contributed by atoms with Crippen LogP contribution in [0.15, 0.2) is 42.5 Å². The van der Waals surface area contributed by atoms with Gasteiger partial charge in [0, 0.05) is 18.7 Å². The summed E-state index contributed by atoms with van der Waals surface area (Å²) in [7, 11) is 0. The van der Waals surface area contributed by atoms with Gasteiger partial charge < -0.3 is 10.1 Å². The summed E-state index contributed by atoms with van der Waals surface area (Å²) >= 11 is 0. The van der Waals surface area contributed by atoms with Gasteiger partial charge in [0.2, 0.25) is 0 Å². The number of rotatable bonds is 5. The van der Waals surface area contributed by atoms with E-state index in [-0.39, 0.29) is 0 Å². The Morgan fingerprint density at radius 2 is 2.05 bits per heavy atom. The van der Waals surface area contributed by atoms with E-state index in [1.165, 1.54) is 22.4 Å². The fourth-order valence-corrected chi connectivity index (χ4v) is 2.74. The molecular weight excluding hydrogens is 246 g/mol. The van der Waals surface area contributed by atoms with E-state index in [2.05, 4.69) is 54.7 Å². The average molecular weight is 267 g/mol. The molecule has 20 heavy (non-hydrogen) atoms. The number of aryl methyl sites for hydroxylation is 1. The van der Waals surface area contributed by atoms with E-state index >= 15 is 0 Å². The molecule has 0 spiro atoms. The summed E-state index contributed by atoms with van der Waals surface area (Å²) in [5, 5.41) is 3.55. The molecule has 2 heteroatoms. The zero-order valence-corrected chi connectivity index (χ0v) is 12.0. The van der Waals surface area contributed by atoms with Gasteiger partial charge in [-0.2, -0.15) is 0 Å². The minimum atomic E-state index is 0.834. The van der Waals surface area contributed by atoms with Gasteiger partial charge in [-0.05, 0) is 41.7 Å². The Labute approximate surface area is 120 Å². The Bertz CT molecular complexity index is 592. The Hall–Kier alpha value is -1.96. The lowest BCUT2D eigenvalue weighted by atomic mass is 10.1. The lowest BCUT2D eigenvalue weighted by molar-refractivity contribution is 0.357. The Balaban J connectivity index is 1.60. The summed E-state index contributed by atoms with van der Waals surface area (Å²) in [6.07, 6.45) is 3.17. The molecule has 1 aliphatic heterocycles. The number of hydrogen-bond donors (Lipinski definition) is 1. The smallest absolute Gasteiger partial charge is 0.122 e. The Morgan fingerprint density at radius 1 is 1.15 bits per heavy atom. The zero-order valence-electron chi connectivity index (χ0n) is 12.0. The van der Waals surface area contributed by atoms with Crippen LogP contribution in [0.2, 0.25) is 0 Å². The van der Waals surface area contributed by atoms with E-state index in [1.54, 1.807) is 0 Å². The molecule has 1 aliphatic rings. The van der Waals surface area contributed by atoms with E-state index in [0.717, 1.165) is 38.2 Å². The molecule has 0 atom stereocenters. The summed E-state index contributed by atoms with van der Waals surface area (Å²) < 4.78 is 5.54. The van der Waals surface area contributed by atoms with Gasteiger partial charge in [-0.15, -0.1) is 0 Å². The molecule has 104 valence electrons. The van der Waals surface area contributed by atoms with Crippen LogP contribution in [0.3, 0.4) is 0 Å². The quantitative estimate of drug-likeness (QED) is 0.888. The lowest BCUT2D eigenvalue weighted by Crippen LogP contribution is -2.06. The maximum Gasteiger partial charge on any atom is 0.122 e. The fraction of sp³-hybridized carbons (Fsp3) is 0.333. The Morgan fingerprint density at radius 3 is 2.95 bits per heavy atom. The van der Waals surface area contributed by atoms with Crippen molar-refractivity contribution in [2.24, 2.45) is 0 Å². The molecule has 3 rings (SSSR count). The SMILES string of the molecule is CCc1ccccc1NCCc1ccc2c(c1)CCO2. The molecule has 2 nitrogen and oxygen atoms in total. The number of nitrogens with one attached hydrogen (secondary N) is 1. The number of anilines is 1. The monoisotopic (exact) mass is 267 g/mol. The highest BCUT2D eigenvalue weighted by Gasteiger charge is 2.11. The van der Waals surface area contributed by atoms with Gasteiger partial charge in [0.25, 0.3) is 0 Å². The van der Waals surface area contributed by atoms with Crippen LogP contribution in [0.1, 0.15) is 23.6 Å². The minimum absolute atomic E-state index is 0.834. The van der Waals surface area contributed by atoms with Gasteiger partial charge in [-0.3, -0.25) is 0 Å². The van der Waals surface area contributed by atoms with Gasteiger partial charge in [-0.25, -0.2) is 0 Å². The molecule has 2 aromatic rings. The summed E-state index contributed by atoms with van der Waals surface area (Å²) in [6.45, 7) is 4.00. The first-order chi connectivity index (χ1) is 9.86. The van der Waals surface area contributed by atoms with Crippen molar-refractivity contribution in [3.8, 4) is 5.75 Å². The third-order valence-corrected chi connectivity index (χ3v) is 3.88. The van der Waals surface area contributed by atoms with E-state index < -0.39 is 0 Å². The maximum absolute atomic E-state index is 5.54. The van der Waals surface area contributed by atoms with Crippen LogP contribution in [0, 0.1) is 0 Å². The second-order valence-electron chi connectivity index (χ2n) is 5.23. The maximum atomic E-state index is 5.54. The lowest BCUT2D eigenvalue weighted by Gasteiger charge is -2.11. The van der Waals surface area contributed by atoms with Crippen molar-refractivity contribution >= 4 is 5.69 Å². The average Bonchev–Trinajstić information content (AvgIpc) is 2.95. The molecule has 0 fully saturated rings. The van der Waals surface area contributed by atoms with Crippen molar-refractivity contribution in [2.45, 2.75) is 26.2 Å². The third kappa shape index (κ3) is 2.79. The highest BCUT2D eigenvalue weighted by Crippen LogP contribution is 2.26. The summed E-state index contributed by atoms with van der Waals surface area (Å²) in [5.41, 5.74) is 5.39. The van der Waals surface area contributed by atoms with Crippen LogP contribution >= 0.6 is 0 Å². The summed E-state index contributed by atoms with van der Waals surface area (Å²) in [6, 6.07) is 15.1. The van der Waals surface area contributed by atoms with Crippen LogP contribution in [0.25, 0.3) is 0 Å². The number of hydrogen-bond acceptors (Lipinski definition) is 2. The van der Waals surface area contributed by atoms with Crippen molar-refractivity contribution in [3.63, 3.8) is 0 Å². The van der Waals surface area contributed by atoms with Crippen LogP contribution < -0.4 is 10.1 Å². The van der Waals surface area contributed by atoms with Crippen molar-refractivity contribution in [1.82, 2.24) is 0 Å². The number of ether oxygens (including phenoxy) is 1. The van der Waals surface area contributed by atoms with Crippen molar-refractivity contribution < 1.29 is 4.74 Å².